The summed E-state index contributed by atoms with van der Waals surface area (Å²) in [7, 11) is 0. The molecule has 4 nitrogen and oxygen atoms in total. The van der Waals surface area contributed by atoms with Gasteiger partial charge in [-0.25, -0.2) is 0 Å². The fourth-order valence-corrected chi connectivity index (χ4v) is 6.24. The van der Waals surface area contributed by atoms with Crippen molar-refractivity contribution >= 4 is 11.7 Å². The Morgan fingerprint density at radius 3 is 1.77 bits per heavy atom. The molecule has 5 rings (SSSR count). The minimum atomic E-state index is -5.19. The summed E-state index contributed by atoms with van der Waals surface area (Å²) in [4.78, 5) is 11.3. The molecule has 0 aromatic carbocycles. The second kappa shape index (κ2) is 9.15. The third-order valence-electron chi connectivity index (χ3n) is 6.95. The first-order valence-corrected chi connectivity index (χ1v) is 11.2. The Kier molecular flexibility index (Phi) is 6.98. The predicted octanol–water partition coefficient (Wildman–Crippen LogP) is 3.82. The molecule has 0 radical (unpaired) electrons. The van der Waals surface area contributed by atoms with E-state index in [0.29, 0.717) is 5.54 Å². The highest BCUT2D eigenvalue weighted by Crippen LogP contribution is 2.56. The van der Waals surface area contributed by atoms with Gasteiger partial charge in [-0.15, -0.1) is 0 Å². The van der Waals surface area contributed by atoms with Crippen molar-refractivity contribution in [2.45, 2.75) is 76.9 Å². The molecule has 0 aliphatic heterocycles. The number of halogens is 3. The van der Waals surface area contributed by atoms with Gasteiger partial charge in [0, 0.05) is 50.2 Å². The maximum absolute atomic E-state index is 10.5. The standard InChI is InChI=1S/C21H33N2.C2HF3O2/c1-3-7-22(8-4-2)20-5-9-23(10-6-20)21-14-17-11-18(15-21)13-19(12-17)16-21;3-2(4,5)1(6)7/h5-6,9-10,17-19H,3-4,7-8,11-16H2,1-2H3;(H,6,7)/q+1;/p-1. The minimum absolute atomic E-state index is 0.466. The number of hydrogen-bond acceptors (Lipinski definition) is 3. The SMILES string of the molecule is CCCN(CCC)c1cc[n+](C23CC4CC(CC(C4)C2)C3)cc1.O=C([O-])C(F)(F)F. The molecule has 168 valence electrons. The Hall–Kier alpha value is -1.79. The quantitative estimate of drug-likeness (QED) is 0.650. The smallest absolute Gasteiger partial charge is 0.430 e. The number of carboxylic acids is 1. The maximum Gasteiger partial charge on any atom is 0.430 e. The van der Waals surface area contributed by atoms with Crippen LogP contribution in [0.4, 0.5) is 18.9 Å². The summed E-state index contributed by atoms with van der Waals surface area (Å²) in [6.07, 6.45) is 11.0. The van der Waals surface area contributed by atoms with Crippen LogP contribution in [0, 0.1) is 17.8 Å². The molecule has 4 saturated carbocycles. The first-order valence-electron chi connectivity index (χ1n) is 11.2. The van der Waals surface area contributed by atoms with E-state index in [-0.39, 0.29) is 0 Å². The zero-order valence-electron chi connectivity index (χ0n) is 18.0. The lowest BCUT2D eigenvalue weighted by Gasteiger charge is -2.53. The molecule has 0 N–H and O–H groups in total. The van der Waals surface area contributed by atoms with Gasteiger partial charge < -0.3 is 14.8 Å². The number of anilines is 1. The zero-order valence-corrected chi connectivity index (χ0v) is 18.0. The van der Waals surface area contributed by atoms with Gasteiger partial charge in [-0.3, -0.25) is 0 Å². The normalized spacial score (nSPS) is 29.3. The van der Waals surface area contributed by atoms with Gasteiger partial charge in [-0.05, 0) is 49.9 Å². The van der Waals surface area contributed by atoms with Gasteiger partial charge in [0.25, 0.3) is 0 Å². The number of alkyl halides is 3. The highest BCUT2D eigenvalue weighted by molar-refractivity contribution is 5.70. The number of pyridine rings is 1. The van der Waals surface area contributed by atoms with Crippen molar-refractivity contribution in [2.24, 2.45) is 17.8 Å². The van der Waals surface area contributed by atoms with E-state index < -0.39 is 12.1 Å². The van der Waals surface area contributed by atoms with Gasteiger partial charge in [0.2, 0.25) is 0 Å². The van der Waals surface area contributed by atoms with Crippen LogP contribution in [0.3, 0.4) is 0 Å². The molecule has 1 aromatic rings. The highest BCUT2D eigenvalue weighted by Gasteiger charge is 2.56. The van der Waals surface area contributed by atoms with Crippen LogP contribution in [0.1, 0.15) is 65.2 Å². The number of carbonyl (C=O) groups is 1. The second-order valence-corrected chi connectivity index (χ2v) is 9.38. The van der Waals surface area contributed by atoms with Crippen molar-refractivity contribution in [1.82, 2.24) is 0 Å². The maximum atomic E-state index is 10.5. The van der Waals surface area contributed by atoms with Crippen LogP contribution in [0.25, 0.3) is 0 Å². The Bertz CT molecular complexity index is 677. The molecule has 7 heteroatoms. The summed E-state index contributed by atoms with van der Waals surface area (Å²) in [5.74, 6) is 0.0489. The summed E-state index contributed by atoms with van der Waals surface area (Å²) in [5, 5.41) is 8.78. The van der Waals surface area contributed by atoms with Gasteiger partial charge in [-0.2, -0.15) is 17.7 Å². The summed E-state index contributed by atoms with van der Waals surface area (Å²) in [6, 6.07) is 4.76. The van der Waals surface area contributed by atoms with E-state index in [4.69, 9.17) is 9.90 Å². The minimum Gasteiger partial charge on any atom is -0.542 e. The zero-order chi connectivity index (χ0) is 21.9. The van der Waals surface area contributed by atoms with Crippen LogP contribution in [-0.2, 0) is 10.3 Å². The lowest BCUT2D eigenvalue weighted by molar-refractivity contribution is -0.776. The Morgan fingerprint density at radius 2 is 1.43 bits per heavy atom. The lowest BCUT2D eigenvalue weighted by Crippen LogP contribution is -2.64. The van der Waals surface area contributed by atoms with Crippen molar-refractivity contribution in [2.75, 3.05) is 18.0 Å². The van der Waals surface area contributed by atoms with Crippen LogP contribution in [0.15, 0.2) is 24.5 Å². The van der Waals surface area contributed by atoms with E-state index in [1.807, 2.05) is 0 Å². The van der Waals surface area contributed by atoms with E-state index in [1.165, 1.54) is 70.1 Å². The monoisotopic (exact) mass is 426 g/mol. The molecule has 30 heavy (non-hydrogen) atoms. The molecule has 1 heterocycles. The second-order valence-electron chi connectivity index (χ2n) is 9.38. The number of rotatable bonds is 6. The average Bonchev–Trinajstić information content (AvgIpc) is 2.67. The van der Waals surface area contributed by atoms with Crippen LogP contribution >= 0.6 is 0 Å². The number of hydrogen-bond donors (Lipinski definition) is 0. The van der Waals surface area contributed by atoms with Crippen molar-refractivity contribution in [3.05, 3.63) is 24.5 Å². The van der Waals surface area contributed by atoms with E-state index in [2.05, 4.69) is 47.8 Å². The van der Waals surface area contributed by atoms with Gasteiger partial charge in [0.15, 0.2) is 17.9 Å². The lowest BCUT2D eigenvalue weighted by atomic mass is 9.53. The van der Waals surface area contributed by atoms with E-state index >= 15 is 0 Å². The number of carboxylic acid groups (broad SMARTS) is 1. The van der Waals surface area contributed by atoms with Gasteiger partial charge in [-0.1, -0.05) is 13.8 Å². The first-order chi connectivity index (χ1) is 14.2. The molecule has 1 aromatic heterocycles. The molecular formula is C23H33F3N2O2. The molecule has 0 amide bonds. The number of carbonyl (C=O) groups excluding carboxylic acids is 1. The summed E-state index contributed by atoms with van der Waals surface area (Å²) >= 11 is 0. The van der Waals surface area contributed by atoms with Crippen molar-refractivity contribution in [3.8, 4) is 0 Å². The molecular weight excluding hydrogens is 393 g/mol. The first kappa shape index (κ1) is 22.9. The van der Waals surface area contributed by atoms with Crippen LogP contribution in [0.5, 0.6) is 0 Å². The molecule has 4 aliphatic rings. The van der Waals surface area contributed by atoms with Crippen LogP contribution < -0.4 is 14.6 Å². The Morgan fingerprint density at radius 1 is 1.03 bits per heavy atom. The number of aromatic nitrogens is 1. The fourth-order valence-electron chi connectivity index (χ4n) is 6.24. The molecule has 4 bridgehead atoms. The van der Waals surface area contributed by atoms with Crippen LogP contribution in [-0.4, -0.2) is 25.2 Å². The Labute approximate surface area is 177 Å². The third-order valence-corrected chi connectivity index (χ3v) is 6.95. The molecule has 0 atom stereocenters. The average molecular weight is 427 g/mol. The van der Waals surface area contributed by atoms with E-state index in [9.17, 15) is 13.2 Å². The molecule has 0 unspecified atom stereocenters. The summed E-state index contributed by atoms with van der Waals surface area (Å²) < 4.78 is 34.2. The number of aliphatic carboxylic acids is 1. The topological polar surface area (TPSA) is 47.2 Å². The molecule has 4 fully saturated rings. The largest absolute Gasteiger partial charge is 0.542 e. The van der Waals surface area contributed by atoms with Crippen LogP contribution in [0.2, 0.25) is 0 Å². The van der Waals surface area contributed by atoms with Crippen molar-refractivity contribution < 1.29 is 27.6 Å². The summed E-state index contributed by atoms with van der Waals surface area (Å²) in [5.41, 5.74) is 1.88. The molecule has 0 spiro atoms. The van der Waals surface area contributed by atoms with E-state index in [1.54, 1.807) is 0 Å². The molecule has 4 aliphatic carbocycles. The predicted molar refractivity (Wildman–Crippen MR) is 107 cm³/mol. The highest BCUT2D eigenvalue weighted by atomic mass is 19.4. The summed E-state index contributed by atoms with van der Waals surface area (Å²) in [6.45, 7) is 6.91. The molecule has 0 saturated heterocycles. The fraction of sp³-hybridized carbons (Fsp3) is 0.739. The van der Waals surface area contributed by atoms with Gasteiger partial charge in [0.05, 0.1) is 0 Å². The van der Waals surface area contributed by atoms with Crippen molar-refractivity contribution in [3.63, 3.8) is 0 Å². The number of nitrogens with zero attached hydrogens (tertiary/aromatic N) is 2. The Balaban J connectivity index is 0.000000318. The van der Waals surface area contributed by atoms with E-state index in [0.717, 1.165) is 17.8 Å². The van der Waals surface area contributed by atoms with Crippen molar-refractivity contribution in [1.29, 1.82) is 0 Å². The third kappa shape index (κ3) is 5.09. The van der Waals surface area contributed by atoms with Gasteiger partial charge in [0.1, 0.15) is 5.97 Å². The van der Waals surface area contributed by atoms with Gasteiger partial charge >= 0.3 is 6.18 Å².